The first-order valence-corrected chi connectivity index (χ1v) is 12.3. The Balaban J connectivity index is 1.66. The molecule has 3 aromatic rings. The van der Waals surface area contributed by atoms with Gasteiger partial charge < -0.3 is 20.8 Å². The van der Waals surface area contributed by atoms with Gasteiger partial charge in [0.1, 0.15) is 11.6 Å². The number of ether oxygens (including phenoxy) is 1. The molecule has 0 unspecified atom stereocenters. The third kappa shape index (κ3) is 7.96. The third-order valence-electron chi connectivity index (χ3n) is 5.44. The molecule has 8 nitrogen and oxygen atoms in total. The van der Waals surface area contributed by atoms with Crippen molar-refractivity contribution in [2.24, 2.45) is 0 Å². The summed E-state index contributed by atoms with van der Waals surface area (Å²) in [6.07, 6.45) is 1.38. The Morgan fingerprint density at radius 3 is 2.54 bits per heavy atom. The number of benzene rings is 2. The molecule has 0 radical (unpaired) electrons. The lowest BCUT2D eigenvalue weighted by Gasteiger charge is -2.15. The van der Waals surface area contributed by atoms with Crippen LogP contribution < -0.4 is 26.4 Å². The second-order valence-corrected chi connectivity index (χ2v) is 9.01. The highest BCUT2D eigenvalue weighted by Gasteiger charge is 2.14. The standard InChI is InChI=1S/C26H27Cl2FN4O4/c1-3-30-25(35)15-37-23-7-4-19(27)10-18(23)13-31-24(34)12-21-16(2)8-9-33(26(21)36)32-14-17-11-20(29)5-6-22(17)28/h4-11,32H,3,12-15H2,1-2H3,(H,30,35)(H,31,34). The molecular formula is C26H27Cl2FN4O4. The molecule has 37 heavy (non-hydrogen) atoms. The molecule has 196 valence electrons. The summed E-state index contributed by atoms with van der Waals surface area (Å²) in [7, 11) is 0. The number of hydrogen-bond donors (Lipinski definition) is 3. The zero-order valence-electron chi connectivity index (χ0n) is 20.4. The number of pyridine rings is 1. The lowest BCUT2D eigenvalue weighted by atomic mass is 10.1. The molecule has 3 rings (SSSR count). The summed E-state index contributed by atoms with van der Waals surface area (Å²) in [6.45, 7) is 4.05. The van der Waals surface area contributed by atoms with Crippen molar-refractivity contribution in [1.82, 2.24) is 15.3 Å². The van der Waals surface area contributed by atoms with Gasteiger partial charge in [-0.25, -0.2) is 9.07 Å². The average Bonchev–Trinajstić information content (AvgIpc) is 2.86. The van der Waals surface area contributed by atoms with Crippen LogP contribution in [0.4, 0.5) is 4.39 Å². The van der Waals surface area contributed by atoms with Crippen molar-refractivity contribution in [3.8, 4) is 5.75 Å². The summed E-state index contributed by atoms with van der Waals surface area (Å²) in [4.78, 5) is 37.5. The quantitative estimate of drug-likeness (QED) is 0.339. The zero-order valence-corrected chi connectivity index (χ0v) is 21.9. The smallest absolute Gasteiger partial charge is 0.272 e. The number of rotatable bonds is 11. The van der Waals surface area contributed by atoms with Crippen molar-refractivity contribution in [3.05, 3.63) is 97.1 Å². The van der Waals surface area contributed by atoms with Crippen molar-refractivity contribution < 1.29 is 18.7 Å². The van der Waals surface area contributed by atoms with Gasteiger partial charge in [-0.15, -0.1) is 0 Å². The summed E-state index contributed by atoms with van der Waals surface area (Å²) in [6, 6.07) is 10.6. The van der Waals surface area contributed by atoms with E-state index in [2.05, 4.69) is 16.1 Å². The Morgan fingerprint density at radius 2 is 1.78 bits per heavy atom. The van der Waals surface area contributed by atoms with Gasteiger partial charge in [-0.3, -0.25) is 14.4 Å². The van der Waals surface area contributed by atoms with Crippen LogP contribution in [0.1, 0.15) is 29.2 Å². The number of amides is 2. The summed E-state index contributed by atoms with van der Waals surface area (Å²) < 4.78 is 20.3. The third-order valence-corrected chi connectivity index (χ3v) is 6.05. The molecule has 0 aliphatic rings. The monoisotopic (exact) mass is 548 g/mol. The van der Waals surface area contributed by atoms with Crippen LogP contribution in [0.25, 0.3) is 0 Å². The summed E-state index contributed by atoms with van der Waals surface area (Å²) in [5.41, 5.74) is 4.51. The van der Waals surface area contributed by atoms with Crippen molar-refractivity contribution in [2.75, 3.05) is 18.6 Å². The van der Waals surface area contributed by atoms with E-state index in [9.17, 15) is 18.8 Å². The molecule has 0 atom stereocenters. The van der Waals surface area contributed by atoms with E-state index in [1.165, 1.54) is 29.1 Å². The van der Waals surface area contributed by atoms with Crippen LogP contribution in [-0.2, 0) is 29.1 Å². The highest BCUT2D eigenvalue weighted by Crippen LogP contribution is 2.23. The highest BCUT2D eigenvalue weighted by atomic mass is 35.5. The molecular weight excluding hydrogens is 522 g/mol. The van der Waals surface area contributed by atoms with Crippen LogP contribution >= 0.6 is 23.2 Å². The number of aromatic nitrogens is 1. The maximum absolute atomic E-state index is 13.5. The Kier molecular flexibility index (Phi) is 9.93. The Morgan fingerprint density at radius 1 is 1.00 bits per heavy atom. The normalized spacial score (nSPS) is 10.6. The molecule has 2 amide bonds. The van der Waals surface area contributed by atoms with Gasteiger partial charge in [0.05, 0.1) is 13.0 Å². The Hall–Kier alpha value is -3.56. The Labute approximate surface area is 223 Å². The van der Waals surface area contributed by atoms with Crippen LogP contribution in [0, 0.1) is 12.7 Å². The molecule has 1 heterocycles. The van der Waals surface area contributed by atoms with E-state index in [1.54, 1.807) is 38.1 Å². The molecule has 0 bridgehead atoms. The van der Waals surface area contributed by atoms with Crippen molar-refractivity contribution >= 4 is 35.0 Å². The zero-order chi connectivity index (χ0) is 26.9. The minimum absolute atomic E-state index is 0.0838. The van der Waals surface area contributed by atoms with Crippen LogP contribution in [0.5, 0.6) is 5.75 Å². The molecule has 11 heteroatoms. The van der Waals surface area contributed by atoms with Crippen LogP contribution in [-0.4, -0.2) is 29.6 Å². The number of carbonyl (C=O) groups excluding carboxylic acids is 2. The fourth-order valence-electron chi connectivity index (χ4n) is 3.49. The van der Waals surface area contributed by atoms with Crippen molar-refractivity contribution in [1.29, 1.82) is 0 Å². The van der Waals surface area contributed by atoms with E-state index in [1.807, 2.05) is 0 Å². The molecule has 2 aromatic carbocycles. The lowest BCUT2D eigenvalue weighted by Crippen LogP contribution is -2.34. The average molecular weight is 549 g/mol. The van der Waals surface area contributed by atoms with E-state index < -0.39 is 11.4 Å². The molecule has 0 saturated carbocycles. The van der Waals surface area contributed by atoms with Gasteiger partial charge in [0, 0.05) is 40.5 Å². The van der Waals surface area contributed by atoms with Gasteiger partial charge >= 0.3 is 0 Å². The SMILES string of the molecule is CCNC(=O)COc1ccc(Cl)cc1CNC(=O)Cc1c(C)ccn(NCc2cc(F)ccc2Cl)c1=O. The molecule has 3 N–H and O–H groups in total. The topological polar surface area (TPSA) is 101 Å². The number of hydrogen-bond acceptors (Lipinski definition) is 5. The number of nitrogens with zero attached hydrogens (tertiary/aromatic N) is 1. The molecule has 0 aliphatic heterocycles. The largest absolute Gasteiger partial charge is 0.483 e. The minimum Gasteiger partial charge on any atom is -0.483 e. The van der Waals surface area contributed by atoms with Crippen molar-refractivity contribution in [3.63, 3.8) is 0 Å². The fourth-order valence-corrected chi connectivity index (χ4v) is 3.87. The van der Waals surface area contributed by atoms with Gasteiger partial charge in [-0.2, -0.15) is 0 Å². The van der Waals surface area contributed by atoms with Gasteiger partial charge in [-0.05, 0) is 67.4 Å². The number of nitrogens with one attached hydrogen (secondary N) is 3. The maximum Gasteiger partial charge on any atom is 0.272 e. The van der Waals surface area contributed by atoms with Gasteiger partial charge in [-0.1, -0.05) is 23.2 Å². The second-order valence-electron chi connectivity index (χ2n) is 8.17. The summed E-state index contributed by atoms with van der Waals surface area (Å²) in [5, 5.41) is 6.22. The predicted molar refractivity (Wildman–Crippen MR) is 141 cm³/mol. The second kappa shape index (κ2) is 13.1. The first-order valence-electron chi connectivity index (χ1n) is 11.5. The molecule has 0 spiro atoms. The number of likely N-dealkylation sites (N-methyl/N-ethyl adjacent to an activating group) is 1. The van der Waals surface area contributed by atoms with Crippen molar-refractivity contribution in [2.45, 2.75) is 33.4 Å². The van der Waals surface area contributed by atoms with Gasteiger partial charge in [0.2, 0.25) is 5.91 Å². The lowest BCUT2D eigenvalue weighted by molar-refractivity contribution is -0.123. The number of aryl methyl sites for hydroxylation is 1. The first-order chi connectivity index (χ1) is 17.7. The Bertz CT molecular complexity index is 1350. The molecule has 0 aliphatic carbocycles. The maximum atomic E-state index is 13.5. The van der Waals surface area contributed by atoms with Crippen LogP contribution in [0.15, 0.2) is 53.5 Å². The first kappa shape index (κ1) is 28.0. The van der Waals surface area contributed by atoms with E-state index >= 15 is 0 Å². The van der Waals surface area contributed by atoms with Crippen LogP contribution in [0.3, 0.4) is 0 Å². The fraction of sp³-hybridized carbons (Fsp3) is 0.269. The van der Waals surface area contributed by atoms with Gasteiger partial charge in [0.15, 0.2) is 6.61 Å². The van der Waals surface area contributed by atoms with E-state index in [0.717, 1.165) is 0 Å². The molecule has 1 aromatic heterocycles. The summed E-state index contributed by atoms with van der Waals surface area (Å²) >= 11 is 12.2. The predicted octanol–water partition coefficient (Wildman–Crippen LogP) is 3.72. The van der Waals surface area contributed by atoms with E-state index in [0.29, 0.717) is 44.6 Å². The highest BCUT2D eigenvalue weighted by molar-refractivity contribution is 6.31. The van der Waals surface area contributed by atoms with Crippen LogP contribution in [0.2, 0.25) is 10.0 Å². The van der Waals surface area contributed by atoms with Gasteiger partial charge in [0.25, 0.3) is 11.5 Å². The summed E-state index contributed by atoms with van der Waals surface area (Å²) in [5.74, 6) is -0.681. The molecule has 0 fully saturated rings. The van der Waals surface area contributed by atoms with E-state index in [4.69, 9.17) is 27.9 Å². The number of halogens is 3. The minimum atomic E-state index is -0.438. The number of carbonyl (C=O) groups is 2. The van der Waals surface area contributed by atoms with E-state index in [-0.39, 0.29) is 37.9 Å². The molecule has 0 saturated heterocycles.